The summed E-state index contributed by atoms with van der Waals surface area (Å²) in [5, 5.41) is 8.28. The summed E-state index contributed by atoms with van der Waals surface area (Å²) in [4.78, 5) is 0. The molecule has 2 rings (SSSR count). The first-order valence-corrected chi connectivity index (χ1v) is 8.86. The lowest BCUT2D eigenvalue weighted by Crippen LogP contribution is -2.32. The maximum absolute atomic E-state index is 11.1. The quantitative estimate of drug-likeness (QED) is 0.818. The van der Waals surface area contributed by atoms with Gasteiger partial charge < -0.3 is 9.73 Å². The summed E-state index contributed by atoms with van der Waals surface area (Å²) >= 11 is 0. The van der Waals surface area contributed by atoms with E-state index in [4.69, 9.17) is 9.56 Å². The molecule has 0 spiro atoms. The standard InChI is InChI=1S/C14H24N2O3S/c1-11(12-6-4-2-3-5-7-12)16-10-13-8-9-14(19-13)20(15,17)18/h8-9,11-12,16H,2-7,10H2,1H3,(H2,15,17,18)/t11-/m0/s1. The molecule has 1 fully saturated rings. The van der Waals surface area contributed by atoms with Gasteiger partial charge in [-0.15, -0.1) is 0 Å². The van der Waals surface area contributed by atoms with E-state index in [2.05, 4.69) is 12.2 Å². The van der Waals surface area contributed by atoms with Crippen molar-refractivity contribution in [2.24, 2.45) is 11.1 Å². The Balaban J connectivity index is 1.86. The van der Waals surface area contributed by atoms with Gasteiger partial charge >= 0.3 is 0 Å². The molecule has 20 heavy (non-hydrogen) atoms. The largest absolute Gasteiger partial charge is 0.447 e. The molecule has 1 aliphatic carbocycles. The summed E-state index contributed by atoms with van der Waals surface area (Å²) in [5.41, 5.74) is 0. The Morgan fingerprint density at radius 3 is 2.50 bits per heavy atom. The molecule has 1 heterocycles. The van der Waals surface area contributed by atoms with E-state index in [9.17, 15) is 8.42 Å². The Morgan fingerprint density at radius 1 is 1.30 bits per heavy atom. The van der Waals surface area contributed by atoms with Crippen molar-refractivity contribution in [3.05, 3.63) is 17.9 Å². The SMILES string of the molecule is C[C@H](NCc1ccc(S(N)(=O)=O)o1)C1CCCCCC1. The molecule has 0 amide bonds. The van der Waals surface area contributed by atoms with Crippen molar-refractivity contribution in [2.75, 3.05) is 0 Å². The highest BCUT2D eigenvalue weighted by Crippen LogP contribution is 2.25. The van der Waals surface area contributed by atoms with E-state index in [0.717, 1.165) is 0 Å². The topological polar surface area (TPSA) is 85.3 Å². The van der Waals surface area contributed by atoms with Crippen molar-refractivity contribution >= 4 is 10.0 Å². The smallest absolute Gasteiger partial charge is 0.271 e. The van der Waals surface area contributed by atoms with Gasteiger partial charge in [0.25, 0.3) is 10.0 Å². The first kappa shape index (κ1) is 15.5. The van der Waals surface area contributed by atoms with Gasteiger partial charge in [0.05, 0.1) is 6.54 Å². The van der Waals surface area contributed by atoms with Crippen LogP contribution in [0.25, 0.3) is 0 Å². The lowest BCUT2D eigenvalue weighted by Gasteiger charge is -2.23. The number of furan rings is 1. The van der Waals surface area contributed by atoms with Crippen LogP contribution >= 0.6 is 0 Å². The van der Waals surface area contributed by atoms with Crippen LogP contribution in [0.1, 0.15) is 51.2 Å². The van der Waals surface area contributed by atoms with Crippen molar-refractivity contribution in [1.82, 2.24) is 5.32 Å². The normalized spacial score (nSPS) is 19.7. The van der Waals surface area contributed by atoms with E-state index >= 15 is 0 Å². The van der Waals surface area contributed by atoms with Crippen LogP contribution in [0.2, 0.25) is 0 Å². The number of sulfonamides is 1. The summed E-state index contributed by atoms with van der Waals surface area (Å²) in [5.74, 6) is 1.31. The van der Waals surface area contributed by atoms with E-state index in [0.29, 0.717) is 24.3 Å². The molecule has 5 nitrogen and oxygen atoms in total. The van der Waals surface area contributed by atoms with Gasteiger partial charge in [0.1, 0.15) is 5.76 Å². The summed E-state index contributed by atoms with van der Waals surface area (Å²) < 4.78 is 27.5. The average Bonchev–Trinajstić information content (AvgIpc) is 2.70. The third-order valence-electron chi connectivity index (χ3n) is 4.12. The van der Waals surface area contributed by atoms with E-state index in [-0.39, 0.29) is 5.09 Å². The first-order valence-electron chi connectivity index (χ1n) is 7.32. The number of nitrogens with one attached hydrogen (secondary N) is 1. The number of hydrogen-bond donors (Lipinski definition) is 2. The third-order valence-corrected chi connectivity index (χ3v) is 4.90. The van der Waals surface area contributed by atoms with Gasteiger partial charge in [-0.25, -0.2) is 13.6 Å². The van der Waals surface area contributed by atoms with Gasteiger partial charge in [0.15, 0.2) is 0 Å². The molecule has 0 bridgehead atoms. The van der Waals surface area contributed by atoms with Gasteiger partial charge in [-0.05, 0) is 37.8 Å². The Labute approximate surface area is 121 Å². The molecule has 0 aromatic carbocycles. The highest BCUT2D eigenvalue weighted by molar-refractivity contribution is 7.89. The van der Waals surface area contributed by atoms with E-state index in [1.807, 2.05) is 0 Å². The fourth-order valence-corrected chi connectivity index (χ4v) is 3.33. The van der Waals surface area contributed by atoms with Crippen molar-refractivity contribution in [3.8, 4) is 0 Å². The Morgan fingerprint density at radius 2 is 1.95 bits per heavy atom. The van der Waals surface area contributed by atoms with Gasteiger partial charge in [-0.1, -0.05) is 25.7 Å². The summed E-state index contributed by atoms with van der Waals surface area (Å²) in [6, 6.07) is 3.48. The zero-order valence-corrected chi connectivity index (χ0v) is 12.8. The fraction of sp³-hybridized carbons (Fsp3) is 0.714. The Hall–Kier alpha value is -0.850. The minimum Gasteiger partial charge on any atom is -0.447 e. The van der Waals surface area contributed by atoms with E-state index in [1.165, 1.54) is 44.6 Å². The molecule has 1 saturated carbocycles. The zero-order chi connectivity index (χ0) is 14.6. The molecule has 3 N–H and O–H groups in total. The van der Waals surface area contributed by atoms with Crippen molar-refractivity contribution in [3.63, 3.8) is 0 Å². The lowest BCUT2D eigenvalue weighted by atomic mass is 9.93. The predicted octanol–water partition coefficient (Wildman–Crippen LogP) is 2.38. The Kier molecular flexibility index (Phi) is 5.23. The predicted molar refractivity (Wildman–Crippen MR) is 77.6 cm³/mol. The summed E-state index contributed by atoms with van der Waals surface area (Å²) in [7, 11) is -3.74. The van der Waals surface area contributed by atoms with Gasteiger partial charge in [0.2, 0.25) is 5.09 Å². The van der Waals surface area contributed by atoms with Crippen LogP contribution in [-0.4, -0.2) is 14.5 Å². The molecular weight excluding hydrogens is 276 g/mol. The van der Waals surface area contributed by atoms with Crippen LogP contribution < -0.4 is 10.5 Å². The molecular formula is C14H24N2O3S. The molecule has 0 aliphatic heterocycles. The average molecular weight is 300 g/mol. The van der Waals surface area contributed by atoms with Gasteiger partial charge in [-0.2, -0.15) is 0 Å². The number of hydrogen-bond acceptors (Lipinski definition) is 4. The highest BCUT2D eigenvalue weighted by Gasteiger charge is 2.19. The van der Waals surface area contributed by atoms with Crippen LogP contribution in [0, 0.1) is 5.92 Å². The number of rotatable bonds is 5. The van der Waals surface area contributed by atoms with Crippen LogP contribution in [0.5, 0.6) is 0 Å². The van der Waals surface area contributed by atoms with Crippen LogP contribution in [0.15, 0.2) is 21.6 Å². The monoisotopic (exact) mass is 300 g/mol. The van der Waals surface area contributed by atoms with E-state index in [1.54, 1.807) is 6.07 Å². The van der Waals surface area contributed by atoms with E-state index < -0.39 is 10.0 Å². The van der Waals surface area contributed by atoms with Crippen molar-refractivity contribution in [1.29, 1.82) is 0 Å². The number of primary sulfonamides is 1. The van der Waals surface area contributed by atoms with Gasteiger partial charge in [-0.3, -0.25) is 0 Å². The number of nitrogens with two attached hydrogens (primary N) is 1. The lowest BCUT2D eigenvalue weighted by molar-refractivity contribution is 0.319. The second-order valence-electron chi connectivity index (χ2n) is 5.69. The molecule has 0 unspecified atom stereocenters. The Bertz CT molecular complexity index is 516. The maximum Gasteiger partial charge on any atom is 0.271 e. The minimum atomic E-state index is -3.74. The second-order valence-corrected chi connectivity index (χ2v) is 7.18. The second kappa shape index (κ2) is 6.74. The molecule has 0 radical (unpaired) electrons. The first-order chi connectivity index (χ1) is 9.47. The van der Waals surface area contributed by atoms with Crippen molar-refractivity contribution < 1.29 is 12.8 Å². The highest BCUT2D eigenvalue weighted by atomic mass is 32.2. The molecule has 1 aliphatic rings. The van der Waals surface area contributed by atoms with Crippen LogP contribution in [-0.2, 0) is 16.6 Å². The molecule has 1 aromatic heterocycles. The fourth-order valence-electron chi connectivity index (χ4n) is 2.85. The summed E-state index contributed by atoms with van der Waals surface area (Å²) in [6.45, 7) is 2.73. The third kappa shape index (κ3) is 4.33. The summed E-state index contributed by atoms with van der Waals surface area (Å²) in [6.07, 6.45) is 7.86. The van der Waals surface area contributed by atoms with Crippen LogP contribution in [0.4, 0.5) is 0 Å². The molecule has 6 heteroatoms. The van der Waals surface area contributed by atoms with Crippen LogP contribution in [0.3, 0.4) is 0 Å². The molecule has 114 valence electrons. The molecule has 1 atom stereocenters. The zero-order valence-electron chi connectivity index (χ0n) is 12.0. The van der Waals surface area contributed by atoms with Gasteiger partial charge in [0, 0.05) is 6.04 Å². The molecule has 1 aromatic rings. The maximum atomic E-state index is 11.1. The minimum absolute atomic E-state index is 0.170. The molecule has 0 saturated heterocycles. The van der Waals surface area contributed by atoms with Crippen molar-refractivity contribution in [2.45, 2.75) is 63.1 Å².